The fourth-order valence-corrected chi connectivity index (χ4v) is 0.805. The summed E-state index contributed by atoms with van der Waals surface area (Å²) in [5, 5.41) is 0. The van der Waals surface area contributed by atoms with Gasteiger partial charge < -0.3 is 11.5 Å². The zero-order chi connectivity index (χ0) is 8.32. The van der Waals surface area contributed by atoms with Gasteiger partial charge in [0.25, 0.3) is 0 Å². The summed E-state index contributed by atoms with van der Waals surface area (Å²) < 4.78 is 0. The predicted octanol–water partition coefficient (Wildman–Crippen LogP) is 0.214. The first-order chi connectivity index (χ1) is 5.17. The van der Waals surface area contributed by atoms with Gasteiger partial charge in [-0.05, 0) is 19.1 Å². The summed E-state index contributed by atoms with van der Waals surface area (Å²) in [5.74, 6) is 0. The van der Waals surface area contributed by atoms with E-state index in [4.69, 9.17) is 11.5 Å². The van der Waals surface area contributed by atoms with Crippen molar-refractivity contribution >= 4 is 0 Å². The Bertz CT molecular complexity index is 218. The number of pyridine rings is 1. The third-order valence-electron chi connectivity index (χ3n) is 1.67. The Balaban J connectivity index is 2.93. The molecule has 0 saturated heterocycles. The molecule has 0 radical (unpaired) electrons. The molecule has 11 heavy (non-hydrogen) atoms. The average Bonchev–Trinajstić information content (AvgIpc) is 2.06. The second kappa shape index (κ2) is 2.98. The van der Waals surface area contributed by atoms with Gasteiger partial charge in [-0.2, -0.15) is 0 Å². The fraction of sp³-hybridized carbons (Fsp3) is 0.375. The molecular weight excluding hydrogens is 138 g/mol. The molecule has 60 valence electrons. The molecule has 0 aliphatic heterocycles. The average molecular weight is 151 g/mol. The van der Waals surface area contributed by atoms with E-state index in [1.807, 2.05) is 25.1 Å². The molecule has 4 N–H and O–H groups in total. The van der Waals surface area contributed by atoms with Crippen molar-refractivity contribution in [1.82, 2.24) is 4.98 Å². The van der Waals surface area contributed by atoms with E-state index < -0.39 is 5.54 Å². The van der Waals surface area contributed by atoms with Crippen LogP contribution in [0.25, 0.3) is 0 Å². The first kappa shape index (κ1) is 8.17. The van der Waals surface area contributed by atoms with Crippen LogP contribution < -0.4 is 11.5 Å². The molecule has 0 amide bonds. The second-order valence-electron chi connectivity index (χ2n) is 2.84. The van der Waals surface area contributed by atoms with Gasteiger partial charge in [-0.3, -0.25) is 4.98 Å². The molecule has 1 unspecified atom stereocenters. The molecule has 3 nitrogen and oxygen atoms in total. The van der Waals surface area contributed by atoms with Crippen molar-refractivity contribution in [3.05, 3.63) is 30.1 Å². The minimum Gasteiger partial charge on any atom is -0.328 e. The number of nitrogens with two attached hydrogens (primary N) is 2. The van der Waals surface area contributed by atoms with E-state index in [9.17, 15) is 0 Å². The Kier molecular flexibility index (Phi) is 2.22. The lowest BCUT2D eigenvalue weighted by Crippen LogP contribution is -2.41. The van der Waals surface area contributed by atoms with Gasteiger partial charge >= 0.3 is 0 Å². The lowest BCUT2D eigenvalue weighted by Gasteiger charge is -2.20. The Hall–Kier alpha value is -0.930. The molecule has 1 aromatic heterocycles. The van der Waals surface area contributed by atoms with Crippen molar-refractivity contribution in [3.63, 3.8) is 0 Å². The third-order valence-corrected chi connectivity index (χ3v) is 1.67. The molecule has 0 aliphatic rings. The van der Waals surface area contributed by atoms with E-state index in [1.165, 1.54) is 0 Å². The van der Waals surface area contributed by atoms with E-state index in [0.717, 1.165) is 5.69 Å². The van der Waals surface area contributed by atoms with Gasteiger partial charge in [-0.1, -0.05) is 6.07 Å². The molecule has 1 atom stereocenters. The minimum atomic E-state index is -0.499. The zero-order valence-corrected chi connectivity index (χ0v) is 6.62. The summed E-state index contributed by atoms with van der Waals surface area (Å²) in [7, 11) is 0. The van der Waals surface area contributed by atoms with Gasteiger partial charge in [-0.25, -0.2) is 0 Å². The number of hydrogen-bond acceptors (Lipinski definition) is 3. The van der Waals surface area contributed by atoms with Crippen LogP contribution in [0, 0.1) is 0 Å². The van der Waals surface area contributed by atoms with Crippen molar-refractivity contribution < 1.29 is 0 Å². The fourth-order valence-electron chi connectivity index (χ4n) is 0.805. The Morgan fingerprint density at radius 3 is 2.73 bits per heavy atom. The molecule has 0 aliphatic carbocycles. The Morgan fingerprint density at radius 2 is 2.27 bits per heavy atom. The van der Waals surface area contributed by atoms with Crippen LogP contribution in [0.5, 0.6) is 0 Å². The molecule has 1 heterocycles. The zero-order valence-electron chi connectivity index (χ0n) is 6.62. The van der Waals surface area contributed by atoms with Crippen molar-refractivity contribution in [3.8, 4) is 0 Å². The Labute approximate surface area is 66.4 Å². The minimum absolute atomic E-state index is 0.407. The Morgan fingerprint density at radius 1 is 1.55 bits per heavy atom. The summed E-state index contributed by atoms with van der Waals surface area (Å²) >= 11 is 0. The molecule has 0 fully saturated rings. The molecule has 3 heteroatoms. The van der Waals surface area contributed by atoms with Crippen molar-refractivity contribution in [2.24, 2.45) is 11.5 Å². The van der Waals surface area contributed by atoms with Gasteiger partial charge in [0.05, 0.1) is 11.2 Å². The molecule has 1 aromatic rings. The van der Waals surface area contributed by atoms with Crippen LogP contribution in [0.1, 0.15) is 12.6 Å². The molecule has 0 aromatic carbocycles. The number of nitrogens with zero attached hydrogens (tertiary/aromatic N) is 1. The summed E-state index contributed by atoms with van der Waals surface area (Å²) in [6.07, 6.45) is 1.72. The standard InChI is InChI=1S/C8H13N3/c1-8(10,6-9)7-4-2-3-5-11-7/h2-5H,6,9-10H2,1H3. The highest BCUT2D eigenvalue weighted by Gasteiger charge is 2.19. The van der Waals surface area contributed by atoms with E-state index in [2.05, 4.69) is 4.98 Å². The summed E-state index contributed by atoms with van der Waals surface area (Å²) in [6, 6.07) is 5.64. The highest BCUT2D eigenvalue weighted by molar-refractivity contribution is 5.13. The van der Waals surface area contributed by atoms with Gasteiger partial charge in [0, 0.05) is 12.7 Å². The number of hydrogen-bond donors (Lipinski definition) is 2. The number of rotatable bonds is 2. The van der Waals surface area contributed by atoms with Gasteiger partial charge in [-0.15, -0.1) is 0 Å². The normalized spacial score (nSPS) is 15.9. The maximum atomic E-state index is 5.85. The van der Waals surface area contributed by atoms with Crippen LogP contribution in [0.4, 0.5) is 0 Å². The molecule has 0 bridgehead atoms. The molecule has 1 rings (SSSR count). The van der Waals surface area contributed by atoms with Crippen molar-refractivity contribution in [2.75, 3.05) is 6.54 Å². The summed E-state index contributed by atoms with van der Waals surface area (Å²) in [6.45, 7) is 2.28. The largest absolute Gasteiger partial charge is 0.328 e. The third kappa shape index (κ3) is 1.76. The SMILES string of the molecule is CC(N)(CN)c1ccccn1. The highest BCUT2D eigenvalue weighted by atomic mass is 14.9. The van der Waals surface area contributed by atoms with Crippen molar-refractivity contribution in [1.29, 1.82) is 0 Å². The van der Waals surface area contributed by atoms with Gasteiger partial charge in [0.1, 0.15) is 0 Å². The lowest BCUT2D eigenvalue weighted by atomic mass is 9.99. The van der Waals surface area contributed by atoms with Crippen LogP contribution in [0.2, 0.25) is 0 Å². The number of aromatic nitrogens is 1. The molecule has 0 spiro atoms. The van der Waals surface area contributed by atoms with Crippen LogP contribution in [0.15, 0.2) is 24.4 Å². The van der Waals surface area contributed by atoms with Gasteiger partial charge in [0.2, 0.25) is 0 Å². The van der Waals surface area contributed by atoms with E-state index in [-0.39, 0.29) is 0 Å². The van der Waals surface area contributed by atoms with Crippen LogP contribution in [0.3, 0.4) is 0 Å². The highest BCUT2D eigenvalue weighted by Crippen LogP contribution is 2.11. The summed E-state index contributed by atoms with van der Waals surface area (Å²) in [5.41, 5.74) is 11.7. The first-order valence-corrected chi connectivity index (χ1v) is 3.57. The van der Waals surface area contributed by atoms with Crippen LogP contribution in [-0.4, -0.2) is 11.5 Å². The smallest absolute Gasteiger partial charge is 0.0679 e. The van der Waals surface area contributed by atoms with Gasteiger partial charge in [0.15, 0.2) is 0 Å². The van der Waals surface area contributed by atoms with Crippen LogP contribution in [-0.2, 0) is 5.54 Å². The van der Waals surface area contributed by atoms with E-state index in [0.29, 0.717) is 6.54 Å². The molecular formula is C8H13N3. The second-order valence-corrected chi connectivity index (χ2v) is 2.84. The maximum absolute atomic E-state index is 5.85. The van der Waals surface area contributed by atoms with E-state index in [1.54, 1.807) is 6.20 Å². The predicted molar refractivity (Wildman–Crippen MR) is 44.8 cm³/mol. The van der Waals surface area contributed by atoms with E-state index >= 15 is 0 Å². The molecule has 0 saturated carbocycles. The first-order valence-electron chi connectivity index (χ1n) is 3.57. The maximum Gasteiger partial charge on any atom is 0.0679 e. The summed E-state index contributed by atoms with van der Waals surface area (Å²) in [4.78, 5) is 4.12. The van der Waals surface area contributed by atoms with Crippen molar-refractivity contribution in [2.45, 2.75) is 12.5 Å². The quantitative estimate of drug-likeness (QED) is 0.635. The monoisotopic (exact) mass is 151 g/mol. The van der Waals surface area contributed by atoms with Crippen LogP contribution >= 0.6 is 0 Å². The topological polar surface area (TPSA) is 64.9 Å². The lowest BCUT2D eigenvalue weighted by molar-refractivity contribution is 0.492.